The second-order valence-corrected chi connectivity index (χ2v) is 7.49. The van der Waals surface area contributed by atoms with E-state index in [4.69, 9.17) is 18.0 Å². The molecule has 1 fully saturated rings. The van der Waals surface area contributed by atoms with E-state index in [-0.39, 0.29) is 11.8 Å². The van der Waals surface area contributed by atoms with Crippen LogP contribution in [0.4, 0.5) is 0 Å². The van der Waals surface area contributed by atoms with E-state index in [1.807, 2.05) is 6.92 Å². The third-order valence-corrected chi connectivity index (χ3v) is 5.87. The van der Waals surface area contributed by atoms with E-state index in [1.54, 1.807) is 28.6 Å². The molecule has 110 valence electrons. The van der Waals surface area contributed by atoms with Gasteiger partial charge in [-0.1, -0.05) is 43.4 Å². The van der Waals surface area contributed by atoms with E-state index in [0.717, 1.165) is 30.4 Å². The molecule has 1 aliphatic heterocycles. The molecule has 0 aliphatic carbocycles. The molecule has 1 aromatic carbocycles. The molecule has 1 unspecified atom stereocenters. The number of sulfonamides is 1. The first kappa shape index (κ1) is 15.4. The van der Waals surface area contributed by atoms with Crippen LogP contribution in [-0.4, -0.2) is 30.3 Å². The van der Waals surface area contributed by atoms with Gasteiger partial charge in [-0.25, -0.2) is 8.42 Å². The Morgan fingerprint density at radius 1 is 1.40 bits per heavy atom. The van der Waals surface area contributed by atoms with Crippen LogP contribution in [0.15, 0.2) is 24.3 Å². The number of rotatable bonds is 5. The average molecular weight is 312 g/mol. The van der Waals surface area contributed by atoms with E-state index in [1.165, 1.54) is 0 Å². The molecule has 20 heavy (non-hydrogen) atoms. The van der Waals surface area contributed by atoms with Gasteiger partial charge in [0.2, 0.25) is 10.0 Å². The van der Waals surface area contributed by atoms with Gasteiger partial charge in [-0.05, 0) is 24.8 Å². The van der Waals surface area contributed by atoms with Gasteiger partial charge in [-0.3, -0.25) is 0 Å². The van der Waals surface area contributed by atoms with Crippen LogP contribution in [-0.2, 0) is 15.8 Å². The predicted octanol–water partition coefficient (Wildman–Crippen LogP) is 2.02. The molecule has 1 heterocycles. The highest BCUT2D eigenvalue weighted by Gasteiger charge is 2.32. The largest absolute Gasteiger partial charge is 0.389 e. The molecular formula is C14H20N2O2S2. The van der Waals surface area contributed by atoms with Crippen molar-refractivity contribution >= 4 is 27.2 Å². The highest BCUT2D eigenvalue weighted by Crippen LogP contribution is 2.25. The second kappa shape index (κ2) is 6.20. The fourth-order valence-electron chi connectivity index (χ4n) is 2.64. The van der Waals surface area contributed by atoms with Gasteiger partial charge in [-0.15, -0.1) is 0 Å². The number of nitrogens with two attached hydrogens (primary N) is 1. The van der Waals surface area contributed by atoms with E-state index in [2.05, 4.69) is 0 Å². The lowest BCUT2D eigenvalue weighted by atomic mass is 10.1. The first-order chi connectivity index (χ1) is 9.44. The van der Waals surface area contributed by atoms with Crippen LogP contribution in [0.1, 0.15) is 37.3 Å². The fraction of sp³-hybridized carbons (Fsp3) is 0.500. The van der Waals surface area contributed by atoms with Crippen LogP contribution in [0.5, 0.6) is 0 Å². The minimum Gasteiger partial charge on any atom is -0.389 e. The highest BCUT2D eigenvalue weighted by molar-refractivity contribution is 7.88. The molecule has 0 spiro atoms. The molecule has 6 heteroatoms. The standard InChI is InChI=1S/C14H20N2O2S2/c1-2-13-4-3-9-16(13)20(17,18)10-11-5-7-12(8-6-11)14(15)19/h5-8,13H,2-4,9-10H2,1H3,(H2,15,19). The summed E-state index contributed by atoms with van der Waals surface area (Å²) in [6.45, 7) is 2.68. The third kappa shape index (κ3) is 3.37. The van der Waals surface area contributed by atoms with Gasteiger partial charge in [-0.2, -0.15) is 4.31 Å². The summed E-state index contributed by atoms with van der Waals surface area (Å²) in [5.41, 5.74) is 7.06. The van der Waals surface area contributed by atoms with Crippen molar-refractivity contribution in [3.8, 4) is 0 Å². The fourth-order valence-corrected chi connectivity index (χ4v) is 4.67. The van der Waals surface area contributed by atoms with Crippen molar-refractivity contribution in [2.24, 2.45) is 5.73 Å². The van der Waals surface area contributed by atoms with Gasteiger partial charge in [0.05, 0.1) is 5.75 Å². The van der Waals surface area contributed by atoms with Crippen LogP contribution < -0.4 is 5.73 Å². The summed E-state index contributed by atoms with van der Waals surface area (Å²) < 4.78 is 26.6. The smallest absolute Gasteiger partial charge is 0.218 e. The predicted molar refractivity (Wildman–Crippen MR) is 85.0 cm³/mol. The maximum Gasteiger partial charge on any atom is 0.218 e. The lowest BCUT2D eigenvalue weighted by Crippen LogP contribution is -2.35. The van der Waals surface area contributed by atoms with E-state index in [0.29, 0.717) is 11.5 Å². The Morgan fingerprint density at radius 2 is 2.05 bits per heavy atom. The zero-order valence-electron chi connectivity index (χ0n) is 11.6. The highest BCUT2D eigenvalue weighted by atomic mass is 32.2. The monoisotopic (exact) mass is 312 g/mol. The van der Waals surface area contributed by atoms with E-state index >= 15 is 0 Å². The molecule has 0 bridgehead atoms. The lowest BCUT2D eigenvalue weighted by Gasteiger charge is -2.23. The number of hydrogen-bond acceptors (Lipinski definition) is 3. The van der Waals surface area contributed by atoms with E-state index < -0.39 is 10.0 Å². The first-order valence-electron chi connectivity index (χ1n) is 6.82. The van der Waals surface area contributed by atoms with Gasteiger partial charge < -0.3 is 5.73 Å². The quantitative estimate of drug-likeness (QED) is 0.845. The van der Waals surface area contributed by atoms with E-state index in [9.17, 15) is 8.42 Å². The van der Waals surface area contributed by atoms with Crippen LogP contribution in [0, 0.1) is 0 Å². The van der Waals surface area contributed by atoms with Crippen LogP contribution >= 0.6 is 12.2 Å². The van der Waals surface area contributed by atoms with Gasteiger partial charge in [0.25, 0.3) is 0 Å². The molecule has 0 amide bonds. The Morgan fingerprint density at radius 3 is 2.60 bits per heavy atom. The molecule has 1 aromatic rings. The van der Waals surface area contributed by atoms with Gasteiger partial charge in [0.1, 0.15) is 4.99 Å². The Balaban J connectivity index is 2.13. The van der Waals surface area contributed by atoms with Crippen molar-refractivity contribution in [1.29, 1.82) is 0 Å². The summed E-state index contributed by atoms with van der Waals surface area (Å²) >= 11 is 4.88. The summed E-state index contributed by atoms with van der Waals surface area (Å²) in [4.78, 5) is 0.324. The summed E-state index contributed by atoms with van der Waals surface area (Å²) in [6, 6.07) is 7.27. The topological polar surface area (TPSA) is 63.4 Å². The summed E-state index contributed by atoms with van der Waals surface area (Å²) in [5.74, 6) is 0.0428. The molecule has 1 atom stereocenters. The van der Waals surface area contributed by atoms with Crippen LogP contribution in [0.2, 0.25) is 0 Å². The summed E-state index contributed by atoms with van der Waals surface area (Å²) in [7, 11) is -3.24. The molecule has 1 aliphatic rings. The Labute approximate surface area is 126 Å². The molecule has 2 rings (SSSR count). The lowest BCUT2D eigenvalue weighted by molar-refractivity contribution is 0.379. The van der Waals surface area contributed by atoms with Crippen LogP contribution in [0.25, 0.3) is 0 Å². The molecule has 4 nitrogen and oxygen atoms in total. The van der Waals surface area contributed by atoms with Crippen molar-refractivity contribution < 1.29 is 8.42 Å². The van der Waals surface area contributed by atoms with Crippen molar-refractivity contribution in [1.82, 2.24) is 4.31 Å². The Kier molecular flexibility index (Phi) is 4.78. The maximum absolute atomic E-state index is 12.5. The first-order valence-corrected chi connectivity index (χ1v) is 8.84. The molecule has 1 saturated heterocycles. The molecule has 2 N–H and O–H groups in total. The van der Waals surface area contributed by atoms with Crippen molar-refractivity contribution in [3.63, 3.8) is 0 Å². The normalized spacial score (nSPS) is 20.1. The number of benzene rings is 1. The number of thiocarbonyl (C=S) groups is 1. The molecule has 0 saturated carbocycles. The molecule has 0 aromatic heterocycles. The van der Waals surface area contributed by atoms with Gasteiger partial charge >= 0.3 is 0 Å². The van der Waals surface area contributed by atoms with Crippen molar-refractivity contribution in [2.45, 2.75) is 38.0 Å². The van der Waals surface area contributed by atoms with Crippen molar-refractivity contribution in [2.75, 3.05) is 6.54 Å². The molecular weight excluding hydrogens is 292 g/mol. The SMILES string of the molecule is CCC1CCCN1S(=O)(=O)Cc1ccc(C(N)=S)cc1. The zero-order valence-corrected chi connectivity index (χ0v) is 13.2. The summed E-state index contributed by atoms with van der Waals surface area (Å²) in [5, 5.41) is 0. The van der Waals surface area contributed by atoms with Crippen molar-refractivity contribution in [3.05, 3.63) is 35.4 Å². The summed E-state index contributed by atoms with van der Waals surface area (Å²) in [6.07, 6.45) is 2.80. The zero-order chi connectivity index (χ0) is 14.8. The van der Waals surface area contributed by atoms with Gasteiger partial charge in [0.15, 0.2) is 0 Å². The van der Waals surface area contributed by atoms with Gasteiger partial charge in [0, 0.05) is 18.2 Å². The second-order valence-electron chi connectivity index (χ2n) is 5.13. The van der Waals surface area contributed by atoms with Crippen LogP contribution in [0.3, 0.4) is 0 Å². The third-order valence-electron chi connectivity index (χ3n) is 3.74. The average Bonchev–Trinajstić information content (AvgIpc) is 2.88. The minimum atomic E-state index is -3.24. The Hall–Kier alpha value is -0.980. The Bertz CT molecular complexity index is 582. The minimum absolute atomic E-state index is 0.0428. The number of nitrogens with zero attached hydrogens (tertiary/aromatic N) is 1. The maximum atomic E-state index is 12.5. The number of hydrogen-bond donors (Lipinski definition) is 1. The molecule has 0 radical (unpaired) electrons.